The average molecular weight is 437 g/mol. The molecule has 0 heterocycles. The van der Waals surface area contributed by atoms with E-state index in [0.29, 0.717) is 22.1 Å². The number of nitrogens with one attached hydrogen (secondary N) is 1. The van der Waals surface area contributed by atoms with Gasteiger partial charge in [-0.15, -0.1) is 0 Å². The van der Waals surface area contributed by atoms with E-state index in [-0.39, 0.29) is 12.5 Å². The highest BCUT2D eigenvalue weighted by molar-refractivity contribution is 6.30. The van der Waals surface area contributed by atoms with Gasteiger partial charge in [-0.1, -0.05) is 23.7 Å². The Labute approximate surface area is 185 Å². The normalized spacial score (nSPS) is 10.7. The molecule has 1 amide bonds. The molecule has 0 aliphatic heterocycles. The number of amides is 1. The van der Waals surface area contributed by atoms with Crippen LogP contribution in [0.25, 0.3) is 0 Å². The summed E-state index contributed by atoms with van der Waals surface area (Å²) >= 11 is 5.81. The van der Waals surface area contributed by atoms with Gasteiger partial charge in [-0.2, -0.15) is 5.10 Å². The fourth-order valence-electron chi connectivity index (χ4n) is 2.61. The van der Waals surface area contributed by atoms with Crippen LogP contribution < -0.4 is 14.9 Å². The SMILES string of the molecule is Cc1cccc(OCC(=O)NN=Cc2ccc(OC(=O)c3ccc(Cl)cc3)cc2)c1C. The second kappa shape index (κ2) is 10.4. The first-order chi connectivity index (χ1) is 14.9. The van der Waals surface area contributed by atoms with Gasteiger partial charge in [0.2, 0.25) is 0 Å². The van der Waals surface area contributed by atoms with Crippen molar-refractivity contribution in [2.24, 2.45) is 5.10 Å². The molecule has 3 rings (SSSR count). The van der Waals surface area contributed by atoms with Crippen LogP contribution in [0.3, 0.4) is 0 Å². The van der Waals surface area contributed by atoms with Crippen molar-refractivity contribution in [3.63, 3.8) is 0 Å². The van der Waals surface area contributed by atoms with Gasteiger partial charge in [-0.25, -0.2) is 10.2 Å². The highest BCUT2D eigenvalue weighted by atomic mass is 35.5. The number of hydrogen-bond acceptors (Lipinski definition) is 5. The van der Waals surface area contributed by atoms with Crippen LogP contribution >= 0.6 is 11.6 Å². The molecule has 0 radical (unpaired) electrons. The number of ether oxygens (including phenoxy) is 2. The first kappa shape index (κ1) is 22.1. The van der Waals surface area contributed by atoms with Crippen LogP contribution in [0, 0.1) is 13.8 Å². The van der Waals surface area contributed by atoms with E-state index in [0.717, 1.165) is 16.7 Å². The van der Waals surface area contributed by atoms with E-state index < -0.39 is 5.97 Å². The highest BCUT2D eigenvalue weighted by Gasteiger charge is 2.08. The van der Waals surface area contributed by atoms with E-state index in [4.69, 9.17) is 21.1 Å². The number of hydrogen-bond donors (Lipinski definition) is 1. The Bertz CT molecular complexity index is 1090. The van der Waals surface area contributed by atoms with Gasteiger partial charge < -0.3 is 9.47 Å². The molecule has 0 aliphatic rings. The van der Waals surface area contributed by atoms with Crippen molar-refractivity contribution < 1.29 is 19.1 Å². The van der Waals surface area contributed by atoms with Crippen molar-refractivity contribution in [1.82, 2.24) is 5.43 Å². The van der Waals surface area contributed by atoms with E-state index in [1.165, 1.54) is 6.21 Å². The Morgan fingerprint density at radius 2 is 1.71 bits per heavy atom. The van der Waals surface area contributed by atoms with Crippen LogP contribution in [0.5, 0.6) is 11.5 Å². The lowest BCUT2D eigenvalue weighted by atomic mass is 10.1. The van der Waals surface area contributed by atoms with Crippen molar-refractivity contribution in [2.45, 2.75) is 13.8 Å². The summed E-state index contributed by atoms with van der Waals surface area (Å²) in [6, 6.07) is 18.8. The van der Waals surface area contributed by atoms with Gasteiger partial charge in [0, 0.05) is 5.02 Å². The number of hydrazone groups is 1. The molecule has 0 unspecified atom stereocenters. The van der Waals surface area contributed by atoms with E-state index in [1.54, 1.807) is 48.5 Å². The maximum absolute atomic E-state index is 12.1. The maximum atomic E-state index is 12.1. The van der Waals surface area contributed by atoms with Crippen LogP contribution in [0.2, 0.25) is 5.02 Å². The van der Waals surface area contributed by atoms with Crippen LogP contribution in [-0.2, 0) is 4.79 Å². The first-order valence-electron chi connectivity index (χ1n) is 9.51. The third-order valence-corrected chi connectivity index (χ3v) is 4.74. The molecule has 0 aliphatic carbocycles. The van der Waals surface area contributed by atoms with Crippen molar-refractivity contribution in [3.05, 3.63) is 94.0 Å². The number of esters is 1. The monoisotopic (exact) mass is 436 g/mol. The number of rotatable bonds is 7. The molecule has 0 fully saturated rings. The zero-order valence-electron chi connectivity index (χ0n) is 17.1. The summed E-state index contributed by atoms with van der Waals surface area (Å²) in [7, 11) is 0. The third-order valence-electron chi connectivity index (χ3n) is 4.49. The van der Waals surface area contributed by atoms with Gasteiger partial charge >= 0.3 is 5.97 Å². The summed E-state index contributed by atoms with van der Waals surface area (Å²) in [5.41, 5.74) is 5.64. The fourth-order valence-corrected chi connectivity index (χ4v) is 2.73. The van der Waals surface area contributed by atoms with Crippen molar-refractivity contribution in [2.75, 3.05) is 6.61 Å². The van der Waals surface area contributed by atoms with Gasteiger partial charge in [0.1, 0.15) is 11.5 Å². The summed E-state index contributed by atoms with van der Waals surface area (Å²) in [4.78, 5) is 24.0. The fraction of sp³-hybridized carbons (Fsp3) is 0.125. The lowest BCUT2D eigenvalue weighted by Crippen LogP contribution is -2.24. The minimum atomic E-state index is -0.478. The van der Waals surface area contributed by atoms with Crippen LogP contribution in [0.15, 0.2) is 71.8 Å². The van der Waals surface area contributed by atoms with Crippen molar-refractivity contribution in [1.29, 1.82) is 0 Å². The Kier molecular flexibility index (Phi) is 7.40. The third kappa shape index (κ3) is 6.42. The largest absolute Gasteiger partial charge is 0.483 e. The molecular weight excluding hydrogens is 416 g/mol. The molecule has 31 heavy (non-hydrogen) atoms. The zero-order chi connectivity index (χ0) is 22.2. The molecule has 0 bridgehead atoms. The number of carbonyl (C=O) groups excluding carboxylic acids is 2. The Morgan fingerprint density at radius 3 is 2.42 bits per heavy atom. The highest BCUT2D eigenvalue weighted by Crippen LogP contribution is 2.20. The average Bonchev–Trinajstić information content (AvgIpc) is 2.76. The lowest BCUT2D eigenvalue weighted by Gasteiger charge is -2.09. The smallest absolute Gasteiger partial charge is 0.343 e. The second-order valence-electron chi connectivity index (χ2n) is 6.75. The predicted octanol–water partition coefficient (Wildman–Crippen LogP) is 4.71. The van der Waals surface area contributed by atoms with E-state index in [2.05, 4.69) is 10.5 Å². The van der Waals surface area contributed by atoms with Crippen LogP contribution in [0.1, 0.15) is 27.0 Å². The molecule has 0 spiro atoms. The Hall–Kier alpha value is -3.64. The molecule has 3 aromatic carbocycles. The van der Waals surface area contributed by atoms with Gasteiger partial charge in [0.25, 0.3) is 5.91 Å². The summed E-state index contributed by atoms with van der Waals surface area (Å²) in [5.74, 6) is 0.214. The second-order valence-corrected chi connectivity index (χ2v) is 7.18. The number of nitrogens with zero attached hydrogens (tertiary/aromatic N) is 1. The standard InChI is InChI=1S/C24H21ClN2O4/c1-16-4-3-5-22(17(16)2)30-15-23(28)27-26-14-18-6-12-21(13-7-18)31-24(29)19-8-10-20(25)11-9-19/h3-14H,15H2,1-2H3,(H,27,28). The minimum Gasteiger partial charge on any atom is -0.483 e. The number of halogens is 1. The molecule has 6 nitrogen and oxygen atoms in total. The van der Waals surface area contributed by atoms with E-state index in [1.807, 2.05) is 32.0 Å². The van der Waals surface area contributed by atoms with Crippen molar-refractivity contribution in [3.8, 4) is 11.5 Å². The van der Waals surface area contributed by atoms with E-state index in [9.17, 15) is 9.59 Å². The predicted molar refractivity (Wildman–Crippen MR) is 120 cm³/mol. The van der Waals surface area contributed by atoms with Gasteiger partial charge in [0.05, 0.1) is 11.8 Å². The van der Waals surface area contributed by atoms with Crippen molar-refractivity contribution >= 4 is 29.7 Å². The van der Waals surface area contributed by atoms with Gasteiger partial charge in [0.15, 0.2) is 6.61 Å². The molecule has 0 atom stereocenters. The summed E-state index contributed by atoms with van der Waals surface area (Å²) in [5, 5.41) is 4.46. The quantitative estimate of drug-likeness (QED) is 0.252. The Balaban J connectivity index is 1.47. The summed E-state index contributed by atoms with van der Waals surface area (Å²) < 4.78 is 10.9. The van der Waals surface area contributed by atoms with Crippen LogP contribution in [0.4, 0.5) is 0 Å². The molecule has 0 aromatic heterocycles. The molecule has 0 saturated carbocycles. The lowest BCUT2D eigenvalue weighted by molar-refractivity contribution is -0.123. The number of aryl methyl sites for hydroxylation is 1. The van der Waals surface area contributed by atoms with Gasteiger partial charge in [-0.3, -0.25) is 4.79 Å². The van der Waals surface area contributed by atoms with Crippen LogP contribution in [-0.4, -0.2) is 24.7 Å². The Morgan fingerprint density at radius 1 is 1.00 bits per heavy atom. The number of carbonyl (C=O) groups is 2. The molecular formula is C24H21ClN2O4. The molecule has 158 valence electrons. The van der Waals surface area contributed by atoms with Gasteiger partial charge in [-0.05, 0) is 85.1 Å². The summed E-state index contributed by atoms with van der Waals surface area (Å²) in [6.07, 6.45) is 1.49. The summed E-state index contributed by atoms with van der Waals surface area (Å²) in [6.45, 7) is 3.79. The minimum absolute atomic E-state index is 0.138. The van der Waals surface area contributed by atoms with E-state index >= 15 is 0 Å². The zero-order valence-corrected chi connectivity index (χ0v) is 17.8. The molecule has 3 aromatic rings. The molecule has 7 heteroatoms. The first-order valence-corrected chi connectivity index (χ1v) is 9.89. The number of benzene rings is 3. The molecule has 0 saturated heterocycles. The maximum Gasteiger partial charge on any atom is 0.343 e. The topological polar surface area (TPSA) is 77.0 Å². The molecule has 1 N–H and O–H groups in total.